The van der Waals surface area contributed by atoms with E-state index in [4.69, 9.17) is 0 Å². The summed E-state index contributed by atoms with van der Waals surface area (Å²) in [7, 11) is 2.06. The van der Waals surface area contributed by atoms with Crippen LogP contribution in [0.25, 0.3) is 10.9 Å². The van der Waals surface area contributed by atoms with Gasteiger partial charge in [-0.15, -0.1) is 0 Å². The molecule has 5 rings (SSSR count). The topological polar surface area (TPSA) is 57.6 Å². The number of aromatic nitrogens is 1. The molecule has 3 heterocycles. The van der Waals surface area contributed by atoms with E-state index in [2.05, 4.69) is 53.9 Å². The maximum Gasteiger partial charge on any atom is 0.257 e. The minimum absolute atomic E-state index is 0.0660. The smallest absolute Gasteiger partial charge is 0.257 e. The summed E-state index contributed by atoms with van der Waals surface area (Å²) < 4.78 is 2.27. The zero-order valence-corrected chi connectivity index (χ0v) is 19.0. The molecular weight excluding hydrogens is 400 g/mol. The molecule has 0 spiro atoms. The van der Waals surface area contributed by atoms with E-state index in [1.165, 1.54) is 10.9 Å². The molecule has 0 bridgehead atoms. The van der Waals surface area contributed by atoms with Crippen molar-refractivity contribution in [2.24, 2.45) is 5.92 Å². The fourth-order valence-electron chi connectivity index (χ4n) is 5.17. The van der Waals surface area contributed by atoms with Crippen LogP contribution in [0.15, 0.2) is 48.5 Å². The van der Waals surface area contributed by atoms with Crippen LogP contribution in [0.2, 0.25) is 0 Å². The molecule has 6 heteroatoms. The van der Waals surface area contributed by atoms with Gasteiger partial charge in [0, 0.05) is 44.0 Å². The number of carbonyl (C=O) groups is 2. The highest BCUT2D eigenvalue weighted by Gasteiger charge is 2.42. The highest BCUT2D eigenvalue weighted by molar-refractivity contribution is 6.02. The number of rotatable bonds is 5. The summed E-state index contributed by atoms with van der Waals surface area (Å²) in [5, 5.41) is 4.26. The van der Waals surface area contributed by atoms with E-state index in [1.54, 1.807) is 0 Å². The number of benzene rings is 2. The van der Waals surface area contributed by atoms with Gasteiger partial charge < -0.3 is 19.7 Å². The van der Waals surface area contributed by atoms with Crippen LogP contribution < -0.4 is 10.2 Å². The third-order valence-corrected chi connectivity index (χ3v) is 6.67. The number of para-hydroxylation sites is 2. The van der Waals surface area contributed by atoms with E-state index in [0.29, 0.717) is 32.0 Å². The van der Waals surface area contributed by atoms with Gasteiger partial charge in [0.2, 0.25) is 5.91 Å². The zero-order valence-electron chi connectivity index (χ0n) is 19.0. The molecule has 0 aliphatic carbocycles. The molecule has 166 valence electrons. The average Bonchev–Trinajstić information content (AvgIpc) is 3.13. The maximum absolute atomic E-state index is 13.4. The second-order valence-corrected chi connectivity index (χ2v) is 9.23. The van der Waals surface area contributed by atoms with Gasteiger partial charge in [-0.3, -0.25) is 9.59 Å². The van der Waals surface area contributed by atoms with Crippen molar-refractivity contribution < 1.29 is 9.59 Å². The number of anilines is 1. The molecule has 1 N–H and O–H groups in total. The zero-order chi connectivity index (χ0) is 22.4. The highest BCUT2D eigenvalue weighted by atomic mass is 16.2. The molecule has 1 unspecified atom stereocenters. The quantitative estimate of drug-likeness (QED) is 0.667. The highest BCUT2D eigenvalue weighted by Crippen LogP contribution is 2.44. The SMILES string of the molecule is CC(C)CNC(=O)CCn1c2c(c3ccccc31)CCN1C(=O)c3ccccc3N(C)C21. The van der Waals surface area contributed by atoms with Crippen LogP contribution in [0.1, 0.15) is 48.0 Å². The van der Waals surface area contributed by atoms with Gasteiger partial charge in [-0.1, -0.05) is 44.2 Å². The third kappa shape index (κ3) is 3.25. The van der Waals surface area contributed by atoms with Gasteiger partial charge in [0.1, 0.15) is 6.17 Å². The summed E-state index contributed by atoms with van der Waals surface area (Å²) in [5.74, 6) is 0.576. The van der Waals surface area contributed by atoms with E-state index in [1.807, 2.05) is 35.2 Å². The largest absolute Gasteiger partial charge is 0.356 e. The Morgan fingerprint density at radius 1 is 1.12 bits per heavy atom. The molecule has 0 saturated carbocycles. The van der Waals surface area contributed by atoms with Crippen LogP contribution in [0.3, 0.4) is 0 Å². The molecule has 1 atom stereocenters. The first-order valence-electron chi connectivity index (χ1n) is 11.5. The second kappa shape index (κ2) is 8.01. The summed E-state index contributed by atoms with van der Waals surface area (Å²) >= 11 is 0. The Balaban J connectivity index is 1.58. The monoisotopic (exact) mass is 430 g/mol. The number of amides is 2. The van der Waals surface area contributed by atoms with Crippen molar-refractivity contribution in [3.63, 3.8) is 0 Å². The molecule has 0 fully saturated rings. The molecule has 0 saturated heterocycles. The van der Waals surface area contributed by atoms with E-state index in [-0.39, 0.29) is 18.0 Å². The van der Waals surface area contributed by atoms with Gasteiger partial charge in [-0.25, -0.2) is 0 Å². The Morgan fingerprint density at radius 2 is 1.88 bits per heavy atom. The molecule has 2 aliphatic rings. The van der Waals surface area contributed by atoms with Crippen LogP contribution >= 0.6 is 0 Å². The van der Waals surface area contributed by atoms with Crippen molar-refractivity contribution in [3.05, 3.63) is 65.4 Å². The first kappa shape index (κ1) is 20.6. The number of fused-ring (bicyclic) bond motifs is 6. The molecule has 32 heavy (non-hydrogen) atoms. The molecule has 3 aromatic rings. The molecule has 2 aliphatic heterocycles. The van der Waals surface area contributed by atoms with Crippen molar-refractivity contribution in [2.45, 2.75) is 39.4 Å². The van der Waals surface area contributed by atoms with Crippen LogP contribution in [0, 0.1) is 5.92 Å². The second-order valence-electron chi connectivity index (χ2n) is 9.23. The molecule has 6 nitrogen and oxygen atoms in total. The number of aryl methyl sites for hydroxylation is 1. The van der Waals surface area contributed by atoms with Gasteiger partial charge >= 0.3 is 0 Å². The molecule has 2 aromatic carbocycles. The lowest BCUT2D eigenvalue weighted by Gasteiger charge is -2.46. The fourth-order valence-corrected chi connectivity index (χ4v) is 5.17. The van der Waals surface area contributed by atoms with Gasteiger partial charge in [0.15, 0.2) is 0 Å². The van der Waals surface area contributed by atoms with Crippen LogP contribution in [-0.4, -0.2) is 41.4 Å². The summed E-state index contributed by atoms with van der Waals surface area (Å²) in [6.45, 7) is 6.16. The van der Waals surface area contributed by atoms with Gasteiger partial charge in [0.25, 0.3) is 5.91 Å². The van der Waals surface area contributed by atoms with E-state index in [0.717, 1.165) is 28.9 Å². The minimum Gasteiger partial charge on any atom is -0.356 e. The van der Waals surface area contributed by atoms with Gasteiger partial charge in [-0.05, 0) is 36.1 Å². The Morgan fingerprint density at radius 3 is 2.69 bits per heavy atom. The Bertz CT molecular complexity index is 1200. The lowest BCUT2D eigenvalue weighted by molar-refractivity contribution is -0.121. The molecular formula is C26H30N4O2. The fraction of sp³-hybridized carbons (Fsp3) is 0.385. The standard InChI is InChI=1S/C26H30N4O2/c1-17(2)16-27-23(31)13-15-29-22-11-7-4-8-18(22)19-12-14-30-25(24(19)29)28(3)21-10-6-5-9-20(21)26(30)32/h4-11,17,25H,12-16H2,1-3H3,(H,27,31). The first-order chi connectivity index (χ1) is 15.5. The van der Waals surface area contributed by atoms with Gasteiger partial charge in [-0.2, -0.15) is 0 Å². The van der Waals surface area contributed by atoms with E-state index < -0.39 is 0 Å². The van der Waals surface area contributed by atoms with Gasteiger partial charge in [0.05, 0.1) is 16.9 Å². The summed E-state index contributed by atoms with van der Waals surface area (Å²) in [6.07, 6.45) is 1.06. The van der Waals surface area contributed by atoms with Crippen molar-refractivity contribution in [3.8, 4) is 0 Å². The van der Waals surface area contributed by atoms with Crippen molar-refractivity contribution >= 4 is 28.4 Å². The lowest BCUT2D eigenvalue weighted by atomic mass is 9.96. The average molecular weight is 431 g/mol. The molecule has 1 aromatic heterocycles. The van der Waals surface area contributed by atoms with E-state index in [9.17, 15) is 9.59 Å². The van der Waals surface area contributed by atoms with Crippen molar-refractivity contribution in [2.75, 3.05) is 25.0 Å². The Hall–Kier alpha value is -3.28. The van der Waals surface area contributed by atoms with Crippen LogP contribution in [0.5, 0.6) is 0 Å². The van der Waals surface area contributed by atoms with Crippen LogP contribution in [0.4, 0.5) is 5.69 Å². The number of nitrogens with one attached hydrogen (secondary N) is 1. The lowest BCUT2D eigenvalue weighted by Crippen LogP contribution is -2.51. The Labute approximate surface area is 188 Å². The normalized spacial score (nSPS) is 17.4. The van der Waals surface area contributed by atoms with Crippen molar-refractivity contribution in [1.82, 2.24) is 14.8 Å². The summed E-state index contributed by atoms with van der Waals surface area (Å²) in [5.41, 5.74) is 5.28. The summed E-state index contributed by atoms with van der Waals surface area (Å²) in [4.78, 5) is 30.1. The maximum atomic E-state index is 13.4. The first-order valence-corrected chi connectivity index (χ1v) is 11.5. The number of carbonyl (C=O) groups excluding carboxylic acids is 2. The molecule has 2 amide bonds. The minimum atomic E-state index is -0.174. The van der Waals surface area contributed by atoms with Crippen molar-refractivity contribution in [1.29, 1.82) is 0 Å². The Kier molecular flexibility index (Phi) is 5.16. The predicted molar refractivity (Wildman–Crippen MR) is 127 cm³/mol. The molecule has 0 radical (unpaired) electrons. The third-order valence-electron chi connectivity index (χ3n) is 6.67. The number of hydrogen-bond donors (Lipinski definition) is 1. The predicted octanol–water partition coefficient (Wildman–Crippen LogP) is 3.95. The van der Waals surface area contributed by atoms with E-state index >= 15 is 0 Å². The number of nitrogens with zero attached hydrogens (tertiary/aromatic N) is 3. The summed E-state index contributed by atoms with van der Waals surface area (Å²) in [6, 6.07) is 16.2. The van der Waals surface area contributed by atoms with Crippen LogP contribution in [-0.2, 0) is 17.8 Å². The number of hydrogen-bond acceptors (Lipinski definition) is 3.